The van der Waals surface area contributed by atoms with Crippen molar-refractivity contribution in [3.05, 3.63) is 76.2 Å². The summed E-state index contributed by atoms with van der Waals surface area (Å²) < 4.78 is 58.0. The second-order valence-corrected chi connectivity index (χ2v) is 10.5. The summed E-state index contributed by atoms with van der Waals surface area (Å²) in [5.41, 5.74) is 0.837. The van der Waals surface area contributed by atoms with Crippen LogP contribution in [0.25, 0.3) is 0 Å². The van der Waals surface area contributed by atoms with Crippen LogP contribution in [0.1, 0.15) is 27.9 Å². The number of nitrogens with two attached hydrogens (primary N) is 1. The Morgan fingerprint density at radius 3 is 2.86 bits per heavy atom. The molecule has 4 atom stereocenters. The van der Waals surface area contributed by atoms with Crippen LogP contribution in [0.4, 0.5) is 14.6 Å². The van der Waals surface area contributed by atoms with Crippen LogP contribution in [-0.2, 0) is 21.0 Å². The van der Waals surface area contributed by atoms with E-state index in [1.165, 1.54) is 17.0 Å². The summed E-state index contributed by atoms with van der Waals surface area (Å²) in [7, 11) is -4.26. The number of aliphatic hydroxyl groups is 1. The van der Waals surface area contributed by atoms with Gasteiger partial charge in [-0.3, -0.25) is 8.98 Å². The lowest BCUT2D eigenvalue weighted by Gasteiger charge is -2.18. The zero-order valence-electron chi connectivity index (χ0n) is 18.6. The maximum Gasteiger partial charge on any atom is 0.333 e. The second-order valence-electron chi connectivity index (χ2n) is 8.38. The first kappa shape index (κ1) is 26.3. The molecule has 0 saturated heterocycles. The van der Waals surface area contributed by atoms with E-state index in [0.29, 0.717) is 0 Å². The van der Waals surface area contributed by atoms with Crippen LogP contribution in [0.2, 0.25) is 0 Å². The lowest BCUT2D eigenvalue weighted by molar-refractivity contribution is 0.0501. The number of halogens is 3. The number of nitrogens with one attached hydrogen (secondary N) is 1. The monoisotopic (exact) mass is 585 g/mol. The number of rotatable bonds is 9. The van der Waals surface area contributed by atoms with E-state index in [0.717, 1.165) is 22.4 Å². The molecule has 0 unspecified atom stereocenters. The summed E-state index contributed by atoms with van der Waals surface area (Å²) in [5.74, 6) is -2.08. The minimum Gasteiger partial charge on any atom is -0.390 e. The van der Waals surface area contributed by atoms with Crippen LogP contribution < -0.4 is 10.5 Å². The number of anilines is 1. The molecule has 4 N–H and O–H groups in total. The molecule has 192 valence electrons. The van der Waals surface area contributed by atoms with E-state index < -0.39 is 52.9 Å². The lowest BCUT2D eigenvalue weighted by Crippen LogP contribution is -2.33. The van der Waals surface area contributed by atoms with Gasteiger partial charge in [0, 0.05) is 41.0 Å². The number of nitrogens with zero attached hydrogens (tertiary/aromatic N) is 3. The molecule has 2 aromatic heterocycles. The average Bonchev–Trinajstić information content (AvgIpc) is 3.31. The summed E-state index contributed by atoms with van der Waals surface area (Å²) in [6.07, 6.45) is 0.396. The van der Waals surface area contributed by atoms with Crippen LogP contribution in [-0.4, -0.2) is 58.8 Å². The third-order valence-electron chi connectivity index (χ3n) is 5.82. The normalized spacial score (nSPS) is 22.0. The van der Waals surface area contributed by atoms with Crippen molar-refractivity contribution in [1.29, 1.82) is 0 Å². The predicted octanol–water partition coefficient (Wildman–Crippen LogP) is 2.18. The lowest BCUT2D eigenvalue weighted by atomic mass is 10.1. The fourth-order valence-corrected chi connectivity index (χ4v) is 4.89. The third kappa shape index (κ3) is 6.13. The first-order valence-electron chi connectivity index (χ1n) is 10.7. The van der Waals surface area contributed by atoms with Gasteiger partial charge < -0.3 is 15.0 Å². The smallest absolute Gasteiger partial charge is 0.333 e. The van der Waals surface area contributed by atoms with Gasteiger partial charge in [0.15, 0.2) is 11.7 Å². The largest absolute Gasteiger partial charge is 0.390 e. The number of carbonyl (C=O) groups is 1. The standard InChI is InChI=1S/C22H22BrF2N5O5S/c23-15-3-1-2-12(4-15)8-30-9-13(6-18(30)24)20(31)16-7-27-11-28-22(16)29-17-5-14(21(32)19(17)25)10-35-36(26,33)34/h1-4,6-7,9,11,14,17,19,21,32H,5,8,10H2,(H2,26,33,34)(H,27,28,29)/t14-,17-,19-,21-/m1/s1. The fraction of sp³-hybridized carbons (Fsp3) is 0.318. The van der Waals surface area contributed by atoms with Gasteiger partial charge in [-0.05, 0) is 24.1 Å². The molecule has 2 heterocycles. The molecule has 4 rings (SSSR count). The number of aliphatic hydroxyl groups excluding tert-OH is 1. The molecule has 1 fully saturated rings. The third-order valence-corrected chi connectivity index (χ3v) is 6.78. The van der Waals surface area contributed by atoms with E-state index >= 15 is 0 Å². The van der Waals surface area contributed by atoms with Gasteiger partial charge in [-0.25, -0.2) is 19.5 Å². The summed E-state index contributed by atoms with van der Waals surface area (Å²) in [6.45, 7) is -0.306. The van der Waals surface area contributed by atoms with Crippen LogP contribution in [0, 0.1) is 11.9 Å². The Kier molecular flexibility index (Phi) is 7.80. The molecule has 3 aromatic rings. The van der Waals surface area contributed by atoms with Gasteiger partial charge in [-0.2, -0.15) is 12.8 Å². The van der Waals surface area contributed by atoms with Gasteiger partial charge >= 0.3 is 10.3 Å². The second kappa shape index (κ2) is 10.7. The molecule has 1 aliphatic rings. The molecule has 36 heavy (non-hydrogen) atoms. The highest BCUT2D eigenvalue weighted by Crippen LogP contribution is 2.32. The van der Waals surface area contributed by atoms with Gasteiger partial charge in [-0.15, -0.1) is 0 Å². The number of hydrogen-bond donors (Lipinski definition) is 3. The van der Waals surface area contributed by atoms with Crippen molar-refractivity contribution < 1.29 is 31.3 Å². The molecule has 1 aliphatic carbocycles. The van der Waals surface area contributed by atoms with Gasteiger partial charge in [0.25, 0.3) is 0 Å². The zero-order chi connectivity index (χ0) is 26.0. The van der Waals surface area contributed by atoms with E-state index in [-0.39, 0.29) is 29.9 Å². The number of carbonyl (C=O) groups excluding carboxylic acids is 1. The Balaban J connectivity index is 1.51. The van der Waals surface area contributed by atoms with E-state index in [2.05, 4.69) is 35.4 Å². The maximum atomic E-state index is 14.8. The number of benzene rings is 1. The average molecular weight is 586 g/mol. The van der Waals surface area contributed by atoms with Crippen LogP contribution in [0.15, 0.2) is 53.5 Å². The van der Waals surface area contributed by atoms with Gasteiger partial charge in [0.05, 0.1) is 24.3 Å². The molecule has 1 saturated carbocycles. The number of hydrogen-bond acceptors (Lipinski definition) is 8. The van der Waals surface area contributed by atoms with Crippen LogP contribution in [0.3, 0.4) is 0 Å². The molecule has 14 heteroatoms. The highest BCUT2D eigenvalue weighted by Gasteiger charge is 2.44. The molecule has 1 aromatic carbocycles. The minimum absolute atomic E-state index is 0.0111. The molecule has 10 nitrogen and oxygen atoms in total. The molecular weight excluding hydrogens is 564 g/mol. The Labute approximate surface area is 213 Å². The van der Waals surface area contributed by atoms with Crippen molar-refractivity contribution >= 4 is 37.8 Å². The topological polar surface area (TPSA) is 149 Å². The minimum atomic E-state index is -4.26. The van der Waals surface area contributed by atoms with Crippen molar-refractivity contribution in [3.63, 3.8) is 0 Å². The van der Waals surface area contributed by atoms with Crippen LogP contribution >= 0.6 is 15.9 Å². The summed E-state index contributed by atoms with van der Waals surface area (Å²) in [6, 6.07) is 7.40. The molecule has 0 amide bonds. The number of alkyl halides is 1. The SMILES string of the molecule is NS(=O)(=O)OC[C@H]1C[C@@H](Nc2ncncc2C(=O)c2cc(F)n(Cc3cccc(Br)c3)c2)[C@@H](F)[C@@H]1O. The first-order valence-corrected chi connectivity index (χ1v) is 13.0. The van der Waals surface area contributed by atoms with E-state index in [9.17, 15) is 27.1 Å². The Morgan fingerprint density at radius 2 is 2.14 bits per heavy atom. The highest BCUT2D eigenvalue weighted by atomic mass is 79.9. The molecule has 0 radical (unpaired) electrons. The van der Waals surface area contributed by atoms with Gasteiger partial charge in [-0.1, -0.05) is 28.1 Å². The molecular formula is C22H22BrF2N5O5S. The number of aromatic nitrogens is 3. The van der Waals surface area contributed by atoms with Crippen molar-refractivity contribution in [2.45, 2.75) is 31.3 Å². The van der Waals surface area contributed by atoms with Crippen molar-refractivity contribution in [3.8, 4) is 0 Å². The van der Waals surface area contributed by atoms with Crippen molar-refractivity contribution in [2.24, 2.45) is 11.1 Å². The summed E-state index contributed by atoms with van der Waals surface area (Å²) in [4.78, 5) is 21.1. The Morgan fingerprint density at radius 1 is 1.36 bits per heavy atom. The maximum absolute atomic E-state index is 14.8. The van der Waals surface area contributed by atoms with E-state index in [4.69, 9.17) is 5.14 Å². The first-order chi connectivity index (χ1) is 17.0. The summed E-state index contributed by atoms with van der Waals surface area (Å²) in [5, 5.41) is 17.7. The van der Waals surface area contributed by atoms with Crippen LogP contribution in [0.5, 0.6) is 0 Å². The molecule has 0 aliphatic heterocycles. The van der Waals surface area contributed by atoms with E-state index in [1.54, 1.807) is 0 Å². The number of ketones is 1. The Hall–Kier alpha value is -2.78. The quantitative estimate of drug-likeness (QED) is 0.323. The van der Waals surface area contributed by atoms with E-state index in [1.807, 2.05) is 24.3 Å². The predicted molar refractivity (Wildman–Crippen MR) is 129 cm³/mol. The van der Waals surface area contributed by atoms with Crippen molar-refractivity contribution in [2.75, 3.05) is 11.9 Å². The summed E-state index contributed by atoms with van der Waals surface area (Å²) >= 11 is 3.37. The van der Waals surface area contributed by atoms with Gasteiger partial charge in [0.1, 0.15) is 18.3 Å². The highest BCUT2D eigenvalue weighted by molar-refractivity contribution is 9.10. The molecule has 0 bridgehead atoms. The van der Waals surface area contributed by atoms with Crippen molar-refractivity contribution in [1.82, 2.24) is 14.5 Å². The Bertz CT molecular complexity index is 1370. The molecule has 0 spiro atoms. The zero-order valence-corrected chi connectivity index (χ0v) is 21.0. The fourth-order valence-electron chi connectivity index (χ4n) is 4.08. The van der Waals surface area contributed by atoms with Gasteiger partial charge in [0.2, 0.25) is 0 Å².